The standard InChI is InChI=1S/C20H21ClN4O2S/c1-3-25-18(12-27-17-11-7-5-9-15(17)21)23-24-20(25)28-13-19(26)22-16-10-6-4-8-14(16)2/h4-11H,3,12-13H2,1-2H3,(H,22,26). The van der Waals surface area contributed by atoms with Gasteiger partial charge in [-0.1, -0.05) is 53.7 Å². The second kappa shape index (κ2) is 9.61. The van der Waals surface area contributed by atoms with E-state index in [4.69, 9.17) is 16.3 Å². The molecule has 0 radical (unpaired) electrons. The summed E-state index contributed by atoms with van der Waals surface area (Å²) in [5, 5.41) is 12.6. The van der Waals surface area contributed by atoms with E-state index in [1.807, 2.05) is 54.8 Å². The summed E-state index contributed by atoms with van der Waals surface area (Å²) in [5.41, 5.74) is 1.84. The number of nitrogens with zero attached hydrogens (tertiary/aromatic N) is 3. The van der Waals surface area contributed by atoms with Crippen LogP contribution in [-0.2, 0) is 17.9 Å². The number of carbonyl (C=O) groups excluding carboxylic acids is 1. The number of para-hydroxylation sites is 2. The maximum Gasteiger partial charge on any atom is 0.234 e. The third-order valence-electron chi connectivity index (χ3n) is 4.05. The second-order valence-corrected chi connectivity index (χ2v) is 7.36. The molecule has 0 aliphatic heterocycles. The van der Waals surface area contributed by atoms with Gasteiger partial charge in [0.05, 0.1) is 10.8 Å². The van der Waals surface area contributed by atoms with Crippen molar-refractivity contribution in [2.24, 2.45) is 0 Å². The Balaban J connectivity index is 1.59. The van der Waals surface area contributed by atoms with Gasteiger partial charge >= 0.3 is 0 Å². The van der Waals surface area contributed by atoms with E-state index in [9.17, 15) is 4.79 Å². The molecule has 3 rings (SSSR count). The number of nitrogens with one attached hydrogen (secondary N) is 1. The molecule has 1 aromatic heterocycles. The topological polar surface area (TPSA) is 69.0 Å². The van der Waals surface area contributed by atoms with Gasteiger partial charge in [0.2, 0.25) is 5.91 Å². The number of ether oxygens (including phenoxy) is 1. The third-order valence-corrected chi connectivity index (χ3v) is 5.33. The summed E-state index contributed by atoms with van der Waals surface area (Å²) in [6, 6.07) is 15.0. The predicted molar refractivity (Wildman–Crippen MR) is 112 cm³/mol. The molecule has 1 amide bonds. The number of benzene rings is 2. The number of rotatable bonds is 8. The highest BCUT2D eigenvalue weighted by Gasteiger charge is 2.14. The largest absolute Gasteiger partial charge is 0.484 e. The van der Waals surface area contributed by atoms with Gasteiger partial charge < -0.3 is 14.6 Å². The number of halogens is 1. The normalized spacial score (nSPS) is 10.7. The van der Waals surface area contributed by atoms with Gasteiger partial charge in [0.25, 0.3) is 0 Å². The average Bonchev–Trinajstić information content (AvgIpc) is 3.09. The first kappa shape index (κ1) is 20.2. The van der Waals surface area contributed by atoms with Crippen molar-refractivity contribution < 1.29 is 9.53 Å². The molecule has 146 valence electrons. The Bertz CT molecular complexity index is 961. The minimum atomic E-state index is -0.0844. The Morgan fingerprint density at radius 3 is 2.68 bits per heavy atom. The second-order valence-electron chi connectivity index (χ2n) is 6.01. The fourth-order valence-corrected chi connectivity index (χ4v) is 3.60. The lowest BCUT2D eigenvalue weighted by atomic mass is 10.2. The van der Waals surface area contributed by atoms with Crippen molar-refractivity contribution in [1.29, 1.82) is 0 Å². The molecule has 0 spiro atoms. The minimum Gasteiger partial charge on any atom is -0.484 e. The quantitative estimate of drug-likeness (QED) is 0.545. The fraction of sp³-hybridized carbons (Fsp3) is 0.250. The van der Waals surface area contributed by atoms with Gasteiger partial charge in [-0.05, 0) is 37.6 Å². The molecule has 1 heterocycles. The van der Waals surface area contributed by atoms with Crippen molar-refractivity contribution in [3.63, 3.8) is 0 Å². The first-order valence-corrected chi connectivity index (χ1v) is 10.2. The van der Waals surface area contributed by atoms with Crippen LogP contribution in [0.5, 0.6) is 5.75 Å². The van der Waals surface area contributed by atoms with Crippen LogP contribution in [0.4, 0.5) is 5.69 Å². The van der Waals surface area contributed by atoms with Crippen molar-refractivity contribution >= 4 is 35.0 Å². The Hall–Kier alpha value is -2.51. The van der Waals surface area contributed by atoms with Crippen LogP contribution in [0.25, 0.3) is 0 Å². The fourth-order valence-electron chi connectivity index (χ4n) is 2.58. The molecule has 3 aromatic rings. The molecular weight excluding hydrogens is 396 g/mol. The minimum absolute atomic E-state index is 0.0844. The lowest BCUT2D eigenvalue weighted by Crippen LogP contribution is -2.15. The van der Waals surface area contributed by atoms with E-state index in [1.165, 1.54) is 11.8 Å². The average molecular weight is 417 g/mol. The summed E-state index contributed by atoms with van der Waals surface area (Å²) in [4.78, 5) is 12.3. The van der Waals surface area contributed by atoms with Crippen LogP contribution >= 0.6 is 23.4 Å². The molecular formula is C20H21ClN4O2S. The number of anilines is 1. The molecule has 0 bridgehead atoms. The number of hydrogen-bond donors (Lipinski definition) is 1. The summed E-state index contributed by atoms with van der Waals surface area (Å²) < 4.78 is 7.69. The summed E-state index contributed by atoms with van der Waals surface area (Å²) in [6.07, 6.45) is 0. The van der Waals surface area contributed by atoms with Crippen molar-refractivity contribution in [3.8, 4) is 5.75 Å². The Morgan fingerprint density at radius 1 is 1.18 bits per heavy atom. The van der Waals surface area contributed by atoms with E-state index in [0.717, 1.165) is 11.3 Å². The van der Waals surface area contributed by atoms with Crippen LogP contribution in [0.3, 0.4) is 0 Å². The summed E-state index contributed by atoms with van der Waals surface area (Å²) in [6.45, 7) is 4.89. The van der Waals surface area contributed by atoms with Crippen molar-refractivity contribution in [1.82, 2.24) is 14.8 Å². The maximum absolute atomic E-state index is 12.3. The molecule has 0 aliphatic carbocycles. The molecule has 0 saturated carbocycles. The SMILES string of the molecule is CCn1c(COc2ccccc2Cl)nnc1SCC(=O)Nc1ccccc1C. The Kier molecular flexibility index (Phi) is 6.95. The van der Waals surface area contributed by atoms with Crippen molar-refractivity contribution in [2.45, 2.75) is 32.2 Å². The molecule has 0 unspecified atom stereocenters. The zero-order chi connectivity index (χ0) is 19.9. The van der Waals surface area contributed by atoms with Crippen LogP contribution in [0.1, 0.15) is 18.3 Å². The Morgan fingerprint density at radius 2 is 1.93 bits per heavy atom. The molecule has 8 heteroatoms. The van der Waals surface area contributed by atoms with Crippen LogP contribution < -0.4 is 10.1 Å². The predicted octanol–water partition coefficient (Wildman–Crippen LogP) is 4.57. The van der Waals surface area contributed by atoms with Crippen molar-refractivity contribution in [3.05, 3.63) is 64.9 Å². The molecule has 0 atom stereocenters. The molecule has 0 saturated heterocycles. The van der Waals surface area contributed by atoms with Gasteiger partial charge in [0.15, 0.2) is 11.0 Å². The summed E-state index contributed by atoms with van der Waals surface area (Å²) in [7, 11) is 0. The van der Waals surface area contributed by atoms with E-state index in [2.05, 4.69) is 15.5 Å². The highest BCUT2D eigenvalue weighted by atomic mass is 35.5. The number of amides is 1. The molecule has 1 N–H and O–H groups in total. The third kappa shape index (κ3) is 5.05. The molecule has 2 aromatic carbocycles. The highest BCUT2D eigenvalue weighted by Crippen LogP contribution is 2.25. The van der Waals surface area contributed by atoms with Gasteiger partial charge in [0.1, 0.15) is 12.4 Å². The molecule has 6 nitrogen and oxygen atoms in total. The van der Waals surface area contributed by atoms with Crippen molar-refractivity contribution in [2.75, 3.05) is 11.1 Å². The molecule has 28 heavy (non-hydrogen) atoms. The monoisotopic (exact) mass is 416 g/mol. The smallest absolute Gasteiger partial charge is 0.234 e. The Labute approximate surface area is 173 Å². The maximum atomic E-state index is 12.3. The number of aromatic nitrogens is 3. The lowest BCUT2D eigenvalue weighted by Gasteiger charge is -2.10. The number of hydrogen-bond acceptors (Lipinski definition) is 5. The van der Waals surface area contributed by atoms with Crippen LogP contribution in [0, 0.1) is 6.92 Å². The molecule has 0 aliphatic rings. The van der Waals surface area contributed by atoms with E-state index in [0.29, 0.717) is 28.3 Å². The van der Waals surface area contributed by atoms with E-state index in [-0.39, 0.29) is 18.3 Å². The van der Waals surface area contributed by atoms with E-state index >= 15 is 0 Å². The van der Waals surface area contributed by atoms with Gasteiger partial charge in [-0.15, -0.1) is 10.2 Å². The summed E-state index contributed by atoms with van der Waals surface area (Å²) >= 11 is 7.46. The van der Waals surface area contributed by atoms with E-state index < -0.39 is 0 Å². The van der Waals surface area contributed by atoms with Gasteiger partial charge in [-0.3, -0.25) is 4.79 Å². The number of carbonyl (C=O) groups is 1. The molecule has 0 fully saturated rings. The lowest BCUT2D eigenvalue weighted by molar-refractivity contribution is -0.113. The highest BCUT2D eigenvalue weighted by molar-refractivity contribution is 7.99. The van der Waals surface area contributed by atoms with E-state index in [1.54, 1.807) is 12.1 Å². The van der Waals surface area contributed by atoms with Gasteiger partial charge in [-0.25, -0.2) is 0 Å². The first-order valence-electron chi connectivity index (χ1n) is 8.86. The first-order chi connectivity index (χ1) is 13.6. The van der Waals surface area contributed by atoms with Gasteiger partial charge in [0, 0.05) is 12.2 Å². The summed E-state index contributed by atoms with van der Waals surface area (Å²) in [5.74, 6) is 1.45. The number of thioether (sulfide) groups is 1. The zero-order valence-electron chi connectivity index (χ0n) is 15.7. The van der Waals surface area contributed by atoms with Crippen LogP contribution in [-0.4, -0.2) is 26.4 Å². The number of aryl methyl sites for hydroxylation is 1. The van der Waals surface area contributed by atoms with Gasteiger partial charge in [-0.2, -0.15) is 0 Å². The zero-order valence-corrected chi connectivity index (χ0v) is 17.3. The van der Waals surface area contributed by atoms with Crippen LogP contribution in [0.15, 0.2) is 53.7 Å². The van der Waals surface area contributed by atoms with Crippen LogP contribution in [0.2, 0.25) is 5.02 Å².